The quantitative estimate of drug-likeness (QED) is 0.680. The zero-order valence-corrected chi connectivity index (χ0v) is 10.2. The summed E-state index contributed by atoms with van der Waals surface area (Å²) in [6.07, 6.45) is 1.94. The molecule has 0 aliphatic rings. The first kappa shape index (κ1) is 10.3. The molecule has 0 aliphatic heterocycles. The van der Waals surface area contributed by atoms with Gasteiger partial charge in [0.1, 0.15) is 0 Å². The van der Waals surface area contributed by atoms with Gasteiger partial charge in [0.05, 0.1) is 0 Å². The van der Waals surface area contributed by atoms with Crippen LogP contribution in [0.3, 0.4) is 0 Å². The molecule has 0 fully saturated rings. The summed E-state index contributed by atoms with van der Waals surface area (Å²) in [7, 11) is 0. The maximum Gasteiger partial charge on any atom is 0.195 e. The van der Waals surface area contributed by atoms with Gasteiger partial charge in [0.15, 0.2) is 10.6 Å². The number of hydrogen-bond acceptors (Lipinski definition) is 2. The molecule has 1 aromatic carbocycles. The summed E-state index contributed by atoms with van der Waals surface area (Å²) in [5.74, 6) is 0.889. The topological polar surface area (TPSA) is 49.4 Å². The monoisotopic (exact) mass is 244 g/mol. The molecule has 0 radical (unpaired) electrons. The zero-order valence-electron chi connectivity index (χ0n) is 9.40. The first-order chi connectivity index (χ1) is 8.29. The Morgan fingerprint density at radius 3 is 3.06 bits per heavy atom. The Morgan fingerprint density at radius 2 is 2.24 bits per heavy atom. The highest BCUT2D eigenvalue weighted by Crippen LogP contribution is 2.22. The third kappa shape index (κ3) is 1.59. The Kier molecular flexibility index (Phi) is 2.33. The molecule has 0 spiro atoms. The van der Waals surface area contributed by atoms with Crippen LogP contribution >= 0.6 is 12.2 Å². The second-order valence-electron chi connectivity index (χ2n) is 3.88. The van der Waals surface area contributed by atoms with Gasteiger partial charge in [-0.15, -0.1) is 0 Å². The van der Waals surface area contributed by atoms with Crippen molar-refractivity contribution in [1.82, 2.24) is 19.7 Å². The van der Waals surface area contributed by atoms with Gasteiger partial charge >= 0.3 is 0 Å². The molecule has 4 nitrogen and oxygen atoms in total. The van der Waals surface area contributed by atoms with Gasteiger partial charge in [-0.05, 0) is 43.4 Å². The van der Waals surface area contributed by atoms with E-state index in [1.54, 1.807) is 0 Å². The smallest absolute Gasteiger partial charge is 0.195 e. The van der Waals surface area contributed by atoms with Crippen molar-refractivity contribution in [2.75, 3.05) is 0 Å². The molecule has 0 saturated carbocycles. The van der Waals surface area contributed by atoms with Gasteiger partial charge in [0, 0.05) is 29.2 Å². The summed E-state index contributed by atoms with van der Waals surface area (Å²) in [6.45, 7) is 2.87. The van der Waals surface area contributed by atoms with E-state index in [0.29, 0.717) is 4.77 Å². The van der Waals surface area contributed by atoms with Crippen molar-refractivity contribution in [3.05, 3.63) is 35.2 Å². The fraction of sp³-hybridized carbons (Fsp3) is 0.167. The van der Waals surface area contributed by atoms with Crippen molar-refractivity contribution in [1.29, 1.82) is 0 Å². The van der Waals surface area contributed by atoms with Crippen LogP contribution < -0.4 is 0 Å². The highest BCUT2D eigenvalue weighted by Gasteiger charge is 2.07. The molecule has 0 amide bonds. The van der Waals surface area contributed by atoms with Crippen LogP contribution in [0.25, 0.3) is 22.3 Å². The van der Waals surface area contributed by atoms with Gasteiger partial charge in [0.25, 0.3) is 0 Å². The van der Waals surface area contributed by atoms with Crippen molar-refractivity contribution in [2.24, 2.45) is 0 Å². The lowest BCUT2D eigenvalue weighted by atomic mass is 10.1. The van der Waals surface area contributed by atoms with E-state index in [0.717, 1.165) is 23.4 Å². The summed E-state index contributed by atoms with van der Waals surface area (Å²) >= 11 is 5.19. The van der Waals surface area contributed by atoms with Crippen LogP contribution in [0, 0.1) is 4.77 Å². The van der Waals surface area contributed by atoms with E-state index in [9.17, 15) is 0 Å². The number of aromatic amines is 2. The molecular weight excluding hydrogens is 232 g/mol. The van der Waals surface area contributed by atoms with E-state index >= 15 is 0 Å². The Morgan fingerprint density at radius 1 is 1.35 bits per heavy atom. The number of nitrogens with zero attached hydrogens (tertiary/aromatic N) is 2. The number of H-pyrrole nitrogens is 2. The first-order valence-electron chi connectivity index (χ1n) is 5.52. The largest absolute Gasteiger partial charge is 0.361 e. The number of fused-ring (bicyclic) bond motifs is 1. The number of nitrogens with one attached hydrogen (secondary N) is 2. The van der Waals surface area contributed by atoms with E-state index in [1.165, 1.54) is 5.39 Å². The molecule has 86 valence electrons. The minimum atomic E-state index is 0.664. The minimum absolute atomic E-state index is 0.664. The fourth-order valence-corrected chi connectivity index (χ4v) is 2.29. The van der Waals surface area contributed by atoms with Crippen LogP contribution in [0.4, 0.5) is 0 Å². The van der Waals surface area contributed by atoms with E-state index in [2.05, 4.69) is 46.4 Å². The van der Waals surface area contributed by atoms with Crippen LogP contribution in [0.5, 0.6) is 0 Å². The molecule has 0 bridgehead atoms. The van der Waals surface area contributed by atoms with Crippen LogP contribution in [-0.4, -0.2) is 19.7 Å². The van der Waals surface area contributed by atoms with Gasteiger partial charge < -0.3 is 9.55 Å². The lowest BCUT2D eigenvalue weighted by Gasteiger charge is -2.03. The highest BCUT2D eigenvalue weighted by molar-refractivity contribution is 7.71. The van der Waals surface area contributed by atoms with Crippen molar-refractivity contribution in [2.45, 2.75) is 13.5 Å². The predicted molar refractivity (Wildman–Crippen MR) is 70.4 cm³/mol. The number of hydrogen-bond donors (Lipinski definition) is 2. The number of benzene rings is 1. The Balaban J connectivity index is 2.22. The van der Waals surface area contributed by atoms with Crippen LogP contribution in [0.15, 0.2) is 30.5 Å². The summed E-state index contributed by atoms with van der Waals surface area (Å²) in [5.41, 5.74) is 2.21. The minimum Gasteiger partial charge on any atom is -0.361 e. The standard InChI is InChI=1S/C12H12N4S/c1-2-16-11(14-15-12(16)17)9-3-4-10-8(7-9)5-6-13-10/h3-7,13H,2H2,1H3,(H,15,17). The van der Waals surface area contributed by atoms with Gasteiger partial charge in [0.2, 0.25) is 0 Å². The summed E-state index contributed by atoms with van der Waals surface area (Å²) in [4.78, 5) is 3.18. The van der Waals surface area contributed by atoms with Crippen LogP contribution in [-0.2, 0) is 6.54 Å². The lowest BCUT2D eigenvalue weighted by Crippen LogP contribution is -1.97. The number of aromatic nitrogens is 4. The van der Waals surface area contributed by atoms with Crippen LogP contribution in [0.1, 0.15) is 6.92 Å². The molecule has 0 aliphatic carbocycles. The molecule has 2 aromatic heterocycles. The first-order valence-corrected chi connectivity index (χ1v) is 5.93. The van der Waals surface area contributed by atoms with Gasteiger partial charge in [-0.3, -0.25) is 5.10 Å². The maximum absolute atomic E-state index is 5.19. The van der Waals surface area contributed by atoms with Crippen molar-refractivity contribution < 1.29 is 0 Å². The predicted octanol–water partition coefficient (Wildman–Crippen LogP) is 3.11. The molecule has 17 heavy (non-hydrogen) atoms. The second-order valence-corrected chi connectivity index (χ2v) is 4.26. The van der Waals surface area contributed by atoms with E-state index in [4.69, 9.17) is 12.2 Å². The molecule has 2 N–H and O–H groups in total. The molecular formula is C12H12N4S. The Bertz CT molecular complexity index is 719. The van der Waals surface area contributed by atoms with Crippen molar-refractivity contribution in [3.8, 4) is 11.4 Å². The summed E-state index contributed by atoms with van der Waals surface area (Å²) in [6, 6.07) is 8.28. The highest BCUT2D eigenvalue weighted by atomic mass is 32.1. The third-order valence-electron chi connectivity index (χ3n) is 2.89. The Hall–Kier alpha value is -1.88. The van der Waals surface area contributed by atoms with Crippen molar-refractivity contribution >= 4 is 23.1 Å². The van der Waals surface area contributed by atoms with E-state index in [1.807, 2.05) is 10.8 Å². The lowest BCUT2D eigenvalue weighted by molar-refractivity contribution is 0.756. The zero-order chi connectivity index (χ0) is 11.8. The normalized spacial score (nSPS) is 11.1. The fourth-order valence-electron chi connectivity index (χ4n) is 2.02. The van der Waals surface area contributed by atoms with E-state index in [-0.39, 0.29) is 0 Å². The average Bonchev–Trinajstić information content (AvgIpc) is 2.93. The van der Waals surface area contributed by atoms with Gasteiger partial charge in [-0.25, -0.2) is 0 Å². The molecule has 0 unspecified atom stereocenters. The maximum atomic E-state index is 5.19. The molecule has 3 aromatic rings. The van der Waals surface area contributed by atoms with E-state index < -0.39 is 0 Å². The molecule has 0 saturated heterocycles. The molecule has 2 heterocycles. The van der Waals surface area contributed by atoms with Crippen molar-refractivity contribution in [3.63, 3.8) is 0 Å². The Labute approximate surface area is 103 Å². The van der Waals surface area contributed by atoms with Gasteiger partial charge in [-0.2, -0.15) is 5.10 Å². The molecule has 3 rings (SSSR count). The molecule has 5 heteroatoms. The number of rotatable bonds is 2. The summed E-state index contributed by atoms with van der Waals surface area (Å²) < 4.78 is 2.65. The third-order valence-corrected chi connectivity index (χ3v) is 3.20. The second kappa shape index (κ2) is 3.85. The van der Waals surface area contributed by atoms with Gasteiger partial charge in [-0.1, -0.05) is 0 Å². The summed E-state index contributed by atoms with van der Waals surface area (Å²) in [5, 5.41) is 8.30. The molecule has 0 atom stereocenters. The average molecular weight is 244 g/mol. The van der Waals surface area contributed by atoms with Crippen LogP contribution in [0.2, 0.25) is 0 Å². The SMILES string of the molecule is CCn1c(-c2ccc3[nH]ccc3c2)n[nH]c1=S.